The van der Waals surface area contributed by atoms with Crippen LogP contribution in [0.15, 0.2) is 4.79 Å². The number of nitrogens with two attached hydrogens (primary N) is 1. The first-order valence-electron chi connectivity index (χ1n) is 5.64. The lowest BCUT2D eigenvalue weighted by Crippen LogP contribution is -2.33. The highest BCUT2D eigenvalue weighted by Gasteiger charge is 2.27. The molecule has 0 aliphatic heterocycles. The zero-order chi connectivity index (χ0) is 12.7. The molecule has 16 heavy (non-hydrogen) atoms. The van der Waals surface area contributed by atoms with Crippen molar-refractivity contribution in [1.29, 1.82) is 0 Å². The molecule has 0 spiro atoms. The highest BCUT2D eigenvalue weighted by Crippen LogP contribution is 2.23. The summed E-state index contributed by atoms with van der Waals surface area (Å²) in [6.45, 7) is 12.5. The molecule has 1 rings (SSSR count). The lowest BCUT2D eigenvalue weighted by atomic mass is 9.89. The minimum atomic E-state index is -0.246. The van der Waals surface area contributed by atoms with Gasteiger partial charge in [-0.1, -0.05) is 20.8 Å². The zero-order valence-electron chi connectivity index (χ0n) is 11.1. The number of aromatic amines is 1. The number of nitrogens with one attached hydrogen (secondary N) is 1. The van der Waals surface area contributed by atoms with Crippen molar-refractivity contribution in [3.05, 3.63) is 21.6 Å². The van der Waals surface area contributed by atoms with E-state index in [2.05, 4.69) is 25.9 Å². The molecule has 0 radical (unpaired) electrons. The molecule has 4 heteroatoms. The second kappa shape index (κ2) is 3.77. The van der Waals surface area contributed by atoms with Gasteiger partial charge in [-0.3, -0.25) is 9.89 Å². The lowest BCUT2D eigenvalue weighted by Gasteiger charge is -2.21. The van der Waals surface area contributed by atoms with E-state index in [1.54, 1.807) is 4.68 Å². The summed E-state index contributed by atoms with van der Waals surface area (Å²) in [6, 6.07) is 0. The Morgan fingerprint density at radius 1 is 1.19 bits per heavy atom. The van der Waals surface area contributed by atoms with E-state index < -0.39 is 0 Å². The van der Waals surface area contributed by atoms with Crippen molar-refractivity contribution in [3.8, 4) is 0 Å². The molecule has 0 saturated heterocycles. The summed E-state index contributed by atoms with van der Waals surface area (Å²) in [5, 5.41) is 3.21. The van der Waals surface area contributed by atoms with Crippen molar-refractivity contribution < 1.29 is 0 Å². The molecule has 1 aromatic rings. The van der Waals surface area contributed by atoms with E-state index in [0.717, 1.165) is 5.69 Å². The Morgan fingerprint density at radius 3 is 1.94 bits per heavy atom. The second-order valence-corrected chi connectivity index (χ2v) is 6.23. The van der Waals surface area contributed by atoms with Crippen molar-refractivity contribution in [2.45, 2.75) is 59.0 Å². The summed E-state index contributed by atoms with van der Waals surface area (Å²) in [5.41, 5.74) is 6.97. The summed E-state index contributed by atoms with van der Waals surface area (Å²) >= 11 is 0. The van der Waals surface area contributed by atoms with Gasteiger partial charge in [0.25, 0.3) is 5.56 Å². The SMILES string of the molecule is CC(C)(C)c1[nH]n(C(C)(C)C)c(=O)c1CN. The van der Waals surface area contributed by atoms with Crippen LogP contribution in [-0.4, -0.2) is 9.78 Å². The van der Waals surface area contributed by atoms with E-state index in [1.165, 1.54) is 0 Å². The molecule has 0 amide bonds. The van der Waals surface area contributed by atoms with Crippen LogP contribution in [0.25, 0.3) is 0 Å². The van der Waals surface area contributed by atoms with E-state index >= 15 is 0 Å². The monoisotopic (exact) mass is 225 g/mol. The third-order valence-corrected chi connectivity index (χ3v) is 2.61. The summed E-state index contributed by atoms with van der Waals surface area (Å²) in [7, 11) is 0. The standard InChI is InChI=1S/C12H23N3O/c1-11(2,3)9-8(7-13)10(16)15(14-9)12(4,5)6/h14H,7,13H2,1-6H3. The third-order valence-electron chi connectivity index (χ3n) is 2.61. The molecule has 0 aromatic carbocycles. The lowest BCUT2D eigenvalue weighted by molar-refractivity contribution is 0.339. The molecular weight excluding hydrogens is 202 g/mol. The minimum Gasteiger partial charge on any atom is -0.326 e. The Labute approximate surface area is 96.8 Å². The van der Waals surface area contributed by atoms with Crippen LogP contribution >= 0.6 is 0 Å². The predicted molar refractivity (Wildman–Crippen MR) is 66.6 cm³/mol. The molecule has 1 heterocycles. The van der Waals surface area contributed by atoms with Gasteiger partial charge in [0.05, 0.1) is 11.1 Å². The first-order valence-corrected chi connectivity index (χ1v) is 5.64. The fourth-order valence-electron chi connectivity index (χ4n) is 1.75. The minimum absolute atomic E-state index is 0.0000694. The zero-order valence-corrected chi connectivity index (χ0v) is 11.1. The molecule has 0 fully saturated rings. The first-order chi connectivity index (χ1) is 7.09. The normalized spacial score (nSPS) is 13.2. The predicted octanol–water partition coefficient (Wildman–Crippen LogP) is 1.69. The van der Waals surface area contributed by atoms with E-state index in [1.807, 2.05) is 20.8 Å². The van der Waals surface area contributed by atoms with Gasteiger partial charge in [0.15, 0.2) is 0 Å². The maximum absolute atomic E-state index is 12.2. The number of nitrogens with zero attached hydrogens (tertiary/aromatic N) is 1. The van der Waals surface area contributed by atoms with Gasteiger partial charge in [0.2, 0.25) is 0 Å². The van der Waals surface area contributed by atoms with E-state index in [4.69, 9.17) is 5.73 Å². The Balaban J connectivity index is 3.50. The maximum Gasteiger partial charge on any atom is 0.271 e. The average molecular weight is 225 g/mol. The first kappa shape index (κ1) is 13.0. The molecule has 1 aromatic heterocycles. The molecule has 0 aliphatic rings. The molecule has 0 atom stereocenters. The van der Waals surface area contributed by atoms with Gasteiger partial charge in [-0.15, -0.1) is 0 Å². The third kappa shape index (κ3) is 2.21. The Bertz CT molecular complexity index is 427. The summed E-state index contributed by atoms with van der Waals surface area (Å²) in [5.74, 6) is 0. The van der Waals surface area contributed by atoms with Gasteiger partial charge in [-0.25, -0.2) is 4.68 Å². The second-order valence-electron chi connectivity index (χ2n) is 6.23. The molecule has 92 valence electrons. The Hall–Kier alpha value is -1.03. The molecule has 3 N–H and O–H groups in total. The fourth-order valence-corrected chi connectivity index (χ4v) is 1.75. The van der Waals surface area contributed by atoms with Crippen molar-refractivity contribution in [2.24, 2.45) is 5.73 Å². The van der Waals surface area contributed by atoms with Crippen LogP contribution in [0.5, 0.6) is 0 Å². The molecule has 0 bridgehead atoms. The van der Waals surface area contributed by atoms with E-state index in [-0.39, 0.29) is 23.1 Å². The molecule has 4 nitrogen and oxygen atoms in total. The van der Waals surface area contributed by atoms with Gasteiger partial charge in [0.1, 0.15) is 0 Å². The fraction of sp³-hybridized carbons (Fsp3) is 0.750. The van der Waals surface area contributed by atoms with Gasteiger partial charge in [-0.05, 0) is 20.8 Å². The van der Waals surface area contributed by atoms with Crippen LogP contribution in [0, 0.1) is 0 Å². The van der Waals surface area contributed by atoms with Crippen LogP contribution in [-0.2, 0) is 17.5 Å². The number of H-pyrrole nitrogens is 1. The molecule has 0 saturated carbocycles. The van der Waals surface area contributed by atoms with Gasteiger partial charge >= 0.3 is 0 Å². The van der Waals surface area contributed by atoms with Crippen molar-refractivity contribution >= 4 is 0 Å². The summed E-state index contributed by atoms with van der Waals surface area (Å²) in [4.78, 5) is 12.2. The quantitative estimate of drug-likeness (QED) is 0.764. The number of aromatic nitrogens is 2. The van der Waals surface area contributed by atoms with Crippen molar-refractivity contribution in [3.63, 3.8) is 0 Å². The number of rotatable bonds is 1. The molecule has 0 aliphatic carbocycles. The van der Waals surface area contributed by atoms with Gasteiger partial charge < -0.3 is 5.73 Å². The largest absolute Gasteiger partial charge is 0.326 e. The highest BCUT2D eigenvalue weighted by molar-refractivity contribution is 5.24. The Kier molecular flexibility index (Phi) is 3.07. The van der Waals surface area contributed by atoms with Gasteiger partial charge in [-0.2, -0.15) is 0 Å². The van der Waals surface area contributed by atoms with Crippen LogP contribution in [0.2, 0.25) is 0 Å². The van der Waals surface area contributed by atoms with Crippen molar-refractivity contribution in [1.82, 2.24) is 9.78 Å². The smallest absolute Gasteiger partial charge is 0.271 e. The number of hydrogen-bond donors (Lipinski definition) is 2. The van der Waals surface area contributed by atoms with Crippen LogP contribution < -0.4 is 11.3 Å². The Morgan fingerprint density at radius 2 is 1.69 bits per heavy atom. The maximum atomic E-state index is 12.2. The average Bonchev–Trinajstić information content (AvgIpc) is 2.40. The highest BCUT2D eigenvalue weighted by atomic mass is 16.1. The van der Waals surface area contributed by atoms with Gasteiger partial charge in [0, 0.05) is 17.7 Å². The van der Waals surface area contributed by atoms with Crippen molar-refractivity contribution in [2.75, 3.05) is 0 Å². The summed E-state index contributed by atoms with van der Waals surface area (Å²) < 4.78 is 1.66. The topological polar surface area (TPSA) is 63.8 Å². The summed E-state index contributed by atoms with van der Waals surface area (Å²) in [6.07, 6.45) is 0. The van der Waals surface area contributed by atoms with E-state index in [0.29, 0.717) is 5.56 Å². The van der Waals surface area contributed by atoms with E-state index in [9.17, 15) is 4.79 Å². The van der Waals surface area contributed by atoms with Crippen LogP contribution in [0.1, 0.15) is 52.8 Å². The van der Waals surface area contributed by atoms with Crippen LogP contribution in [0.4, 0.5) is 0 Å². The molecular formula is C12H23N3O. The number of hydrogen-bond acceptors (Lipinski definition) is 2. The van der Waals surface area contributed by atoms with Crippen LogP contribution in [0.3, 0.4) is 0 Å². The molecule has 0 unspecified atom stereocenters.